The lowest BCUT2D eigenvalue weighted by Gasteiger charge is -2.18. The van der Waals surface area contributed by atoms with E-state index in [0.717, 1.165) is 17.5 Å². The first-order chi connectivity index (χ1) is 14.0. The Balaban J connectivity index is 1.70. The summed E-state index contributed by atoms with van der Waals surface area (Å²) in [6, 6.07) is 15.6. The number of amides is 1. The summed E-state index contributed by atoms with van der Waals surface area (Å²) >= 11 is 0. The van der Waals surface area contributed by atoms with E-state index in [1.165, 1.54) is 23.0 Å². The summed E-state index contributed by atoms with van der Waals surface area (Å²) in [5.74, 6) is -0.307. The van der Waals surface area contributed by atoms with Crippen molar-refractivity contribution in [1.82, 2.24) is 24.9 Å². The molecule has 0 saturated carbocycles. The molecule has 4 rings (SSSR count). The Bertz CT molecular complexity index is 1150. The minimum Gasteiger partial charge on any atom is -0.344 e. The minimum atomic E-state index is -0.334. The molecule has 6 nitrogen and oxygen atoms in total. The summed E-state index contributed by atoms with van der Waals surface area (Å²) in [5.41, 5.74) is 3.74. The summed E-state index contributed by atoms with van der Waals surface area (Å²) in [5, 5.41) is 7.20. The molecule has 0 fully saturated rings. The predicted octanol–water partition coefficient (Wildman–Crippen LogP) is 4.12. The highest BCUT2D eigenvalue weighted by molar-refractivity contribution is 5.94. The van der Waals surface area contributed by atoms with Gasteiger partial charge < -0.3 is 5.32 Å². The van der Waals surface area contributed by atoms with Crippen molar-refractivity contribution in [2.24, 2.45) is 0 Å². The van der Waals surface area contributed by atoms with Crippen molar-refractivity contribution in [2.45, 2.75) is 26.3 Å². The Kier molecular flexibility index (Phi) is 5.03. The summed E-state index contributed by atoms with van der Waals surface area (Å²) in [6.45, 7) is 4.05. The fraction of sp³-hybridized carbons (Fsp3) is 0.182. The van der Waals surface area contributed by atoms with Gasteiger partial charge in [0.25, 0.3) is 11.7 Å². The van der Waals surface area contributed by atoms with Crippen LogP contribution < -0.4 is 5.32 Å². The van der Waals surface area contributed by atoms with Crippen LogP contribution in [0, 0.1) is 12.7 Å². The van der Waals surface area contributed by atoms with E-state index in [2.05, 4.69) is 20.4 Å². The van der Waals surface area contributed by atoms with Gasteiger partial charge in [-0.15, -0.1) is 0 Å². The number of fused-ring (bicyclic) bond motifs is 1. The lowest BCUT2D eigenvalue weighted by molar-refractivity contribution is 0.0928. The number of rotatable bonds is 5. The smallest absolute Gasteiger partial charge is 0.270 e. The summed E-state index contributed by atoms with van der Waals surface area (Å²) < 4.78 is 14.7. The number of nitrogens with one attached hydrogen (secondary N) is 1. The third-order valence-electron chi connectivity index (χ3n) is 4.82. The van der Waals surface area contributed by atoms with Crippen LogP contribution in [0.3, 0.4) is 0 Å². The lowest BCUT2D eigenvalue weighted by atomic mass is 10.0. The first-order valence-electron chi connectivity index (χ1n) is 9.39. The van der Waals surface area contributed by atoms with Gasteiger partial charge in [0.05, 0.1) is 11.7 Å². The average Bonchev–Trinajstić information content (AvgIpc) is 3.21. The molecule has 0 radical (unpaired) electrons. The van der Waals surface area contributed by atoms with Crippen molar-refractivity contribution in [2.75, 3.05) is 0 Å². The van der Waals surface area contributed by atoms with Gasteiger partial charge in [-0.1, -0.05) is 36.8 Å². The second-order valence-electron chi connectivity index (χ2n) is 6.85. The van der Waals surface area contributed by atoms with E-state index in [1.807, 2.05) is 38.1 Å². The first kappa shape index (κ1) is 18.7. The van der Waals surface area contributed by atoms with Gasteiger partial charge in [0, 0.05) is 5.56 Å². The number of halogens is 1. The first-order valence-corrected chi connectivity index (χ1v) is 9.39. The van der Waals surface area contributed by atoms with Crippen molar-refractivity contribution < 1.29 is 9.18 Å². The number of hydrogen-bond acceptors (Lipinski definition) is 4. The molecule has 0 aliphatic rings. The molecule has 1 amide bonds. The fourth-order valence-corrected chi connectivity index (χ4v) is 3.19. The third kappa shape index (κ3) is 3.85. The molecule has 2 aromatic carbocycles. The Morgan fingerprint density at radius 3 is 2.55 bits per heavy atom. The molecular formula is C22H20FN5O. The second kappa shape index (κ2) is 7.79. The van der Waals surface area contributed by atoms with Gasteiger partial charge in [0.15, 0.2) is 0 Å². The Hall–Kier alpha value is -3.61. The molecule has 0 unspecified atom stereocenters. The molecule has 7 heteroatoms. The molecule has 1 atom stereocenters. The topological polar surface area (TPSA) is 72.2 Å². The van der Waals surface area contributed by atoms with Crippen molar-refractivity contribution in [1.29, 1.82) is 0 Å². The maximum absolute atomic E-state index is 13.3. The van der Waals surface area contributed by atoms with E-state index >= 15 is 0 Å². The monoisotopic (exact) mass is 389 g/mol. The van der Waals surface area contributed by atoms with Crippen molar-refractivity contribution in [3.05, 3.63) is 83.6 Å². The van der Waals surface area contributed by atoms with Crippen LogP contribution in [0.25, 0.3) is 17.0 Å². The molecule has 0 saturated heterocycles. The minimum absolute atomic E-state index is 0.135. The number of hydrogen-bond donors (Lipinski definition) is 1. The third-order valence-corrected chi connectivity index (χ3v) is 4.82. The molecule has 4 aromatic rings. The second-order valence-corrected chi connectivity index (χ2v) is 6.85. The van der Waals surface area contributed by atoms with Crippen LogP contribution >= 0.6 is 0 Å². The van der Waals surface area contributed by atoms with Gasteiger partial charge in [-0.05, 0) is 49.2 Å². The number of carbonyl (C=O) groups is 1. The highest BCUT2D eigenvalue weighted by Crippen LogP contribution is 2.21. The van der Waals surface area contributed by atoms with Crippen LogP contribution in [0.5, 0.6) is 0 Å². The summed E-state index contributed by atoms with van der Waals surface area (Å²) in [4.78, 5) is 21.7. The van der Waals surface area contributed by atoms with E-state index in [0.29, 0.717) is 22.7 Å². The largest absolute Gasteiger partial charge is 0.344 e. The highest BCUT2D eigenvalue weighted by atomic mass is 19.1. The predicted molar refractivity (Wildman–Crippen MR) is 108 cm³/mol. The number of carbonyl (C=O) groups excluding carboxylic acids is 1. The summed E-state index contributed by atoms with van der Waals surface area (Å²) in [7, 11) is 0. The maximum atomic E-state index is 13.3. The Morgan fingerprint density at radius 1 is 1.14 bits per heavy atom. The van der Waals surface area contributed by atoms with Gasteiger partial charge in [0.1, 0.15) is 17.8 Å². The SMILES string of the molecule is CC[C@@H](NC(=O)c1cc(-c2ccc(F)cc2)nc2ncnn12)c1ccc(C)cc1. The standard InChI is InChI=1S/C22H20FN5O/c1-3-18(15-6-4-14(2)5-7-15)26-21(29)20-12-19(16-8-10-17(23)11-9-16)27-22-24-13-25-28(20)22/h4-13,18H,3H2,1-2H3,(H,26,29)/t18-/m1/s1. The number of nitrogens with zero attached hydrogens (tertiary/aromatic N) is 4. The van der Waals surface area contributed by atoms with Crippen LogP contribution in [-0.4, -0.2) is 25.5 Å². The molecule has 1 N–H and O–H groups in total. The summed E-state index contributed by atoms with van der Waals surface area (Å²) in [6.07, 6.45) is 2.09. The molecule has 146 valence electrons. The van der Waals surface area contributed by atoms with E-state index in [-0.39, 0.29) is 17.8 Å². The van der Waals surface area contributed by atoms with Crippen LogP contribution in [0.4, 0.5) is 4.39 Å². The lowest BCUT2D eigenvalue weighted by Crippen LogP contribution is -2.30. The molecule has 2 aromatic heterocycles. The number of aromatic nitrogens is 4. The maximum Gasteiger partial charge on any atom is 0.270 e. The molecular weight excluding hydrogens is 369 g/mol. The van der Waals surface area contributed by atoms with E-state index < -0.39 is 0 Å². The van der Waals surface area contributed by atoms with Gasteiger partial charge in [0.2, 0.25) is 0 Å². The molecule has 0 aliphatic carbocycles. The van der Waals surface area contributed by atoms with Crippen molar-refractivity contribution in [3.8, 4) is 11.3 Å². The van der Waals surface area contributed by atoms with Crippen LogP contribution in [-0.2, 0) is 0 Å². The molecule has 0 spiro atoms. The van der Waals surface area contributed by atoms with Gasteiger partial charge in [-0.25, -0.2) is 9.37 Å². The van der Waals surface area contributed by atoms with E-state index in [1.54, 1.807) is 18.2 Å². The van der Waals surface area contributed by atoms with Gasteiger partial charge in [-0.3, -0.25) is 4.79 Å². The molecule has 2 heterocycles. The molecule has 0 bridgehead atoms. The fourth-order valence-electron chi connectivity index (χ4n) is 3.19. The van der Waals surface area contributed by atoms with E-state index in [9.17, 15) is 9.18 Å². The molecule has 29 heavy (non-hydrogen) atoms. The number of aryl methyl sites for hydroxylation is 1. The van der Waals surface area contributed by atoms with Crippen molar-refractivity contribution in [3.63, 3.8) is 0 Å². The Labute approximate surface area is 167 Å². The highest BCUT2D eigenvalue weighted by Gasteiger charge is 2.19. The van der Waals surface area contributed by atoms with Crippen LogP contribution in [0.1, 0.15) is 41.0 Å². The van der Waals surface area contributed by atoms with Crippen LogP contribution in [0.15, 0.2) is 60.9 Å². The molecule has 0 aliphatic heterocycles. The van der Waals surface area contributed by atoms with Gasteiger partial charge >= 0.3 is 0 Å². The van der Waals surface area contributed by atoms with E-state index in [4.69, 9.17) is 0 Å². The van der Waals surface area contributed by atoms with Crippen LogP contribution in [0.2, 0.25) is 0 Å². The normalized spacial score (nSPS) is 12.1. The zero-order valence-corrected chi connectivity index (χ0v) is 16.1. The number of benzene rings is 2. The van der Waals surface area contributed by atoms with Gasteiger partial charge in [-0.2, -0.15) is 14.6 Å². The quantitative estimate of drug-likeness (QED) is 0.557. The zero-order chi connectivity index (χ0) is 20.4. The van der Waals surface area contributed by atoms with Crippen molar-refractivity contribution >= 4 is 11.7 Å². The average molecular weight is 389 g/mol. The zero-order valence-electron chi connectivity index (χ0n) is 16.1. The Morgan fingerprint density at radius 2 is 1.86 bits per heavy atom.